The van der Waals surface area contributed by atoms with E-state index in [9.17, 15) is 0 Å². The van der Waals surface area contributed by atoms with Crippen molar-refractivity contribution < 1.29 is 0 Å². The number of fused-ring (bicyclic) bond motifs is 2. The van der Waals surface area contributed by atoms with Crippen molar-refractivity contribution in [1.29, 1.82) is 0 Å². The highest BCUT2D eigenvalue weighted by Crippen LogP contribution is 2.32. The van der Waals surface area contributed by atoms with E-state index < -0.39 is 0 Å². The topological polar surface area (TPSA) is 27.3 Å². The molecule has 36 heavy (non-hydrogen) atoms. The number of rotatable bonds is 4. The smallest absolute Gasteiger partial charge is 0.193 e. The molecule has 3 unspecified atom stereocenters. The van der Waals surface area contributed by atoms with E-state index in [1.165, 1.54) is 79.2 Å². The van der Waals surface area contributed by atoms with Gasteiger partial charge in [-0.2, -0.15) is 0 Å². The summed E-state index contributed by atoms with van der Waals surface area (Å²) in [6.07, 6.45) is 9.29. The SMILES string of the molecule is B1c2ccccc2C(C2CN(C3CCCCCC(Nc4ccccc4)CC3)CCN2)c2ccccc21. The fourth-order valence-corrected chi connectivity index (χ4v) is 7.07. The number of benzene rings is 3. The maximum Gasteiger partial charge on any atom is 0.193 e. The summed E-state index contributed by atoms with van der Waals surface area (Å²) >= 11 is 0. The molecule has 3 nitrogen and oxygen atoms in total. The van der Waals surface area contributed by atoms with Gasteiger partial charge in [0.25, 0.3) is 0 Å². The van der Waals surface area contributed by atoms with Crippen molar-refractivity contribution in [3.8, 4) is 0 Å². The molecular weight excluding hydrogens is 437 g/mol. The highest BCUT2D eigenvalue weighted by Gasteiger charge is 2.36. The number of hydrogen-bond acceptors (Lipinski definition) is 3. The van der Waals surface area contributed by atoms with Crippen LogP contribution in [0.5, 0.6) is 0 Å². The second-order valence-corrected chi connectivity index (χ2v) is 11.2. The molecule has 2 N–H and O–H groups in total. The van der Waals surface area contributed by atoms with Gasteiger partial charge in [0.2, 0.25) is 0 Å². The minimum atomic E-state index is 0.442. The molecule has 4 heteroatoms. The molecule has 1 saturated heterocycles. The second-order valence-electron chi connectivity index (χ2n) is 11.2. The Balaban J connectivity index is 1.19. The Morgan fingerprint density at radius 3 is 2.19 bits per heavy atom. The zero-order valence-corrected chi connectivity index (χ0v) is 21.5. The lowest BCUT2D eigenvalue weighted by molar-refractivity contribution is 0.122. The van der Waals surface area contributed by atoms with Crippen molar-refractivity contribution in [2.45, 2.75) is 69.0 Å². The van der Waals surface area contributed by atoms with Crippen molar-refractivity contribution in [3.63, 3.8) is 0 Å². The van der Waals surface area contributed by atoms with Gasteiger partial charge in [0.05, 0.1) is 0 Å². The predicted molar refractivity (Wildman–Crippen MR) is 154 cm³/mol. The number of nitrogens with one attached hydrogen (secondary N) is 2. The summed E-state index contributed by atoms with van der Waals surface area (Å²) in [5, 5.41) is 7.82. The molecule has 2 heterocycles. The standard InChI is InChI=1S/C32H40BN3/c1-3-11-24(12-4-1)35-25-13-5-2-6-14-26(20-19-25)36-22-21-34-31(23-36)32-27-15-7-9-17-29(27)33-30-18-10-8-16-28(30)32/h1,3-4,7-12,15-18,25-26,31-35H,2,5-6,13-14,19-23H2. The van der Waals surface area contributed by atoms with Crippen molar-refractivity contribution in [1.82, 2.24) is 10.2 Å². The van der Waals surface area contributed by atoms with Crippen molar-refractivity contribution in [2.24, 2.45) is 0 Å². The van der Waals surface area contributed by atoms with Crippen LogP contribution in [0.4, 0.5) is 5.69 Å². The molecule has 0 radical (unpaired) electrons. The lowest BCUT2D eigenvalue weighted by atomic mass is 9.53. The Labute approximate surface area is 217 Å². The fourth-order valence-electron chi connectivity index (χ4n) is 7.07. The first-order valence-corrected chi connectivity index (χ1v) is 14.3. The molecule has 3 atom stereocenters. The third kappa shape index (κ3) is 5.26. The average molecular weight is 478 g/mol. The average Bonchev–Trinajstić information content (AvgIpc) is 3.05. The molecule has 0 aromatic heterocycles. The molecule has 3 aliphatic rings. The Bertz CT molecular complexity index is 1090. The maximum absolute atomic E-state index is 3.97. The highest BCUT2D eigenvalue weighted by molar-refractivity contribution is 6.69. The number of anilines is 1. The zero-order valence-electron chi connectivity index (χ0n) is 21.5. The lowest BCUT2D eigenvalue weighted by Gasteiger charge is -2.44. The van der Waals surface area contributed by atoms with Gasteiger partial charge in [-0.3, -0.25) is 4.90 Å². The first kappa shape index (κ1) is 23.8. The summed E-state index contributed by atoms with van der Waals surface area (Å²) in [7, 11) is 1.07. The van der Waals surface area contributed by atoms with Gasteiger partial charge in [-0.05, 0) is 48.9 Å². The summed E-state index contributed by atoms with van der Waals surface area (Å²) in [6, 6.07) is 30.9. The van der Waals surface area contributed by atoms with Gasteiger partial charge in [-0.15, -0.1) is 0 Å². The van der Waals surface area contributed by atoms with Crippen LogP contribution in [0.2, 0.25) is 0 Å². The van der Waals surface area contributed by atoms with Gasteiger partial charge >= 0.3 is 0 Å². The highest BCUT2D eigenvalue weighted by atomic mass is 15.2. The van der Waals surface area contributed by atoms with Crippen molar-refractivity contribution >= 4 is 23.9 Å². The summed E-state index contributed by atoms with van der Waals surface area (Å²) < 4.78 is 0. The van der Waals surface area contributed by atoms with Gasteiger partial charge in [-0.25, -0.2) is 0 Å². The first-order valence-electron chi connectivity index (χ1n) is 14.3. The summed E-state index contributed by atoms with van der Waals surface area (Å²) in [6.45, 7) is 3.41. The van der Waals surface area contributed by atoms with Gasteiger partial charge < -0.3 is 10.6 Å². The quantitative estimate of drug-likeness (QED) is 0.546. The molecule has 3 aromatic carbocycles. The number of hydrogen-bond donors (Lipinski definition) is 2. The summed E-state index contributed by atoms with van der Waals surface area (Å²) in [5.74, 6) is 0.442. The van der Waals surface area contributed by atoms with E-state index in [0.29, 0.717) is 24.0 Å². The van der Waals surface area contributed by atoms with E-state index in [1.807, 2.05) is 0 Å². The van der Waals surface area contributed by atoms with Crippen molar-refractivity contribution in [2.75, 3.05) is 25.0 Å². The predicted octanol–water partition coefficient (Wildman–Crippen LogP) is 4.39. The number of piperazine rings is 1. The summed E-state index contributed by atoms with van der Waals surface area (Å²) in [4.78, 5) is 2.85. The van der Waals surface area contributed by atoms with Gasteiger partial charge in [0, 0.05) is 49.4 Å². The van der Waals surface area contributed by atoms with Gasteiger partial charge in [0.15, 0.2) is 7.28 Å². The Morgan fingerprint density at radius 1 is 0.722 bits per heavy atom. The Morgan fingerprint density at radius 2 is 1.42 bits per heavy atom. The molecule has 2 fully saturated rings. The third-order valence-corrected chi connectivity index (χ3v) is 8.90. The van der Waals surface area contributed by atoms with Crippen LogP contribution in [0.25, 0.3) is 0 Å². The number of para-hydroxylation sites is 1. The van der Waals surface area contributed by atoms with Crippen LogP contribution in [0, 0.1) is 0 Å². The summed E-state index contributed by atoms with van der Waals surface area (Å²) in [5.41, 5.74) is 7.37. The van der Waals surface area contributed by atoms with E-state index >= 15 is 0 Å². The largest absolute Gasteiger partial charge is 0.382 e. The second kappa shape index (κ2) is 11.2. The van der Waals surface area contributed by atoms with Gasteiger partial charge in [-0.1, -0.05) is 96.9 Å². The molecule has 1 saturated carbocycles. The molecular formula is C32H40BN3. The minimum Gasteiger partial charge on any atom is -0.382 e. The monoisotopic (exact) mass is 477 g/mol. The minimum absolute atomic E-state index is 0.442. The first-order chi connectivity index (χ1) is 17.8. The van der Waals surface area contributed by atoms with E-state index in [0.717, 1.165) is 20.4 Å². The van der Waals surface area contributed by atoms with Crippen LogP contribution in [-0.2, 0) is 0 Å². The van der Waals surface area contributed by atoms with E-state index in [-0.39, 0.29) is 0 Å². The molecule has 0 bridgehead atoms. The third-order valence-electron chi connectivity index (χ3n) is 8.90. The van der Waals surface area contributed by atoms with E-state index in [4.69, 9.17) is 0 Å². The van der Waals surface area contributed by atoms with Gasteiger partial charge in [0.1, 0.15) is 0 Å². The van der Waals surface area contributed by atoms with E-state index in [2.05, 4.69) is 94.4 Å². The molecule has 0 amide bonds. The van der Waals surface area contributed by atoms with Crippen LogP contribution in [0.3, 0.4) is 0 Å². The van der Waals surface area contributed by atoms with Crippen LogP contribution >= 0.6 is 0 Å². The van der Waals surface area contributed by atoms with Crippen LogP contribution < -0.4 is 21.6 Å². The normalized spacial score (nSPS) is 25.4. The zero-order chi connectivity index (χ0) is 24.2. The Kier molecular flexibility index (Phi) is 7.43. The lowest BCUT2D eigenvalue weighted by Crippen LogP contribution is -2.58. The molecule has 2 aliphatic heterocycles. The van der Waals surface area contributed by atoms with E-state index in [1.54, 1.807) is 0 Å². The Hall–Kier alpha value is -2.56. The van der Waals surface area contributed by atoms with Crippen LogP contribution in [-0.4, -0.2) is 49.9 Å². The van der Waals surface area contributed by atoms with Crippen LogP contribution in [0.15, 0.2) is 78.9 Å². The van der Waals surface area contributed by atoms with Crippen molar-refractivity contribution in [3.05, 3.63) is 90.0 Å². The molecule has 6 rings (SSSR count). The van der Waals surface area contributed by atoms with Crippen LogP contribution in [0.1, 0.15) is 62.0 Å². The molecule has 0 spiro atoms. The molecule has 186 valence electrons. The fraction of sp³-hybridized carbons (Fsp3) is 0.438. The number of nitrogens with zero attached hydrogens (tertiary/aromatic N) is 1. The molecule has 3 aromatic rings. The molecule has 1 aliphatic carbocycles. The maximum atomic E-state index is 3.97.